The van der Waals surface area contributed by atoms with E-state index < -0.39 is 0 Å². The third-order valence-corrected chi connectivity index (χ3v) is 3.61. The van der Waals surface area contributed by atoms with Gasteiger partial charge in [-0.1, -0.05) is 41.6 Å². The molecule has 0 fully saturated rings. The van der Waals surface area contributed by atoms with Gasteiger partial charge in [0.2, 0.25) is 0 Å². The Labute approximate surface area is 152 Å². The Balaban J connectivity index is 1.74. The summed E-state index contributed by atoms with van der Waals surface area (Å²) in [5.41, 5.74) is 7.54. The number of oxime groups is 1. The Morgan fingerprint density at radius 2 is 1.81 bits per heavy atom. The minimum absolute atomic E-state index is 0.195. The Hall–Kier alpha value is -3.22. The van der Waals surface area contributed by atoms with Crippen LogP contribution in [0.3, 0.4) is 0 Å². The fourth-order valence-corrected chi connectivity index (χ4v) is 2.26. The van der Waals surface area contributed by atoms with Crippen LogP contribution in [0.4, 0.5) is 0 Å². The molecule has 0 spiro atoms. The number of methoxy groups -OCH3 is 2. The van der Waals surface area contributed by atoms with Crippen LogP contribution < -0.4 is 20.5 Å². The number of ether oxygens (including phenoxy) is 2. The van der Waals surface area contributed by atoms with Gasteiger partial charge in [-0.2, -0.15) is 0 Å². The molecule has 7 nitrogen and oxygen atoms in total. The van der Waals surface area contributed by atoms with Gasteiger partial charge in [0.1, 0.15) is 0 Å². The molecule has 1 amide bonds. The third kappa shape index (κ3) is 5.70. The number of rotatable bonds is 9. The molecule has 2 aromatic rings. The van der Waals surface area contributed by atoms with E-state index in [9.17, 15) is 4.79 Å². The molecule has 0 heterocycles. The van der Waals surface area contributed by atoms with Crippen LogP contribution >= 0.6 is 0 Å². The summed E-state index contributed by atoms with van der Waals surface area (Å²) in [5.74, 6) is 1.28. The molecule has 3 N–H and O–H groups in total. The predicted molar refractivity (Wildman–Crippen MR) is 99.4 cm³/mol. The van der Waals surface area contributed by atoms with Crippen molar-refractivity contribution < 1.29 is 19.1 Å². The van der Waals surface area contributed by atoms with E-state index in [1.165, 1.54) is 0 Å². The number of hydrogen-bond donors (Lipinski definition) is 2. The molecule has 2 rings (SSSR count). The van der Waals surface area contributed by atoms with Gasteiger partial charge >= 0.3 is 0 Å². The predicted octanol–water partition coefficient (Wildman–Crippen LogP) is 1.70. The maximum atomic E-state index is 11.8. The second kappa shape index (κ2) is 9.93. The fraction of sp³-hybridized carbons (Fsp3) is 0.263. The highest BCUT2D eigenvalue weighted by atomic mass is 16.6. The topological polar surface area (TPSA) is 95.2 Å². The van der Waals surface area contributed by atoms with E-state index in [1.54, 1.807) is 14.2 Å². The van der Waals surface area contributed by atoms with Crippen molar-refractivity contribution in [2.75, 3.05) is 27.4 Å². The van der Waals surface area contributed by atoms with E-state index in [2.05, 4.69) is 10.5 Å². The van der Waals surface area contributed by atoms with Crippen LogP contribution in [0.25, 0.3) is 0 Å². The SMILES string of the molecule is COc1ccc(CCNC(=O)CO/N=C(\N)c2ccccc2)cc1OC. The highest BCUT2D eigenvalue weighted by Crippen LogP contribution is 2.27. The molecule has 0 atom stereocenters. The van der Waals surface area contributed by atoms with Crippen molar-refractivity contribution in [3.05, 3.63) is 59.7 Å². The molecule has 0 aliphatic heterocycles. The summed E-state index contributed by atoms with van der Waals surface area (Å²) in [6.07, 6.45) is 0.654. The summed E-state index contributed by atoms with van der Waals surface area (Å²) in [6.45, 7) is 0.273. The normalized spacial score (nSPS) is 10.9. The third-order valence-electron chi connectivity index (χ3n) is 3.61. The molecule has 2 aromatic carbocycles. The summed E-state index contributed by atoms with van der Waals surface area (Å²) >= 11 is 0. The lowest BCUT2D eigenvalue weighted by atomic mass is 10.1. The summed E-state index contributed by atoms with van der Waals surface area (Å²) in [4.78, 5) is 16.8. The van der Waals surface area contributed by atoms with Crippen LogP contribution in [0.1, 0.15) is 11.1 Å². The largest absolute Gasteiger partial charge is 0.493 e. The second-order valence-electron chi connectivity index (χ2n) is 5.41. The average Bonchev–Trinajstić information content (AvgIpc) is 2.68. The Morgan fingerprint density at radius 3 is 2.50 bits per heavy atom. The Kier molecular flexibility index (Phi) is 7.30. The molecule has 0 bridgehead atoms. The number of nitrogens with two attached hydrogens (primary N) is 1. The molecule has 0 radical (unpaired) electrons. The lowest BCUT2D eigenvalue weighted by molar-refractivity contribution is -0.125. The number of nitrogens with zero attached hydrogens (tertiary/aromatic N) is 1. The first-order valence-corrected chi connectivity index (χ1v) is 8.12. The van der Waals surface area contributed by atoms with Crippen LogP contribution in [0.5, 0.6) is 11.5 Å². The minimum Gasteiger partial charge on any atom is -0.493 e. The van der Waals surface area contributed by atoms with Crippen LogP contribution in [0.15, 0.2) is 53.7 Å². The number of hydrogen-bond acceptors (Lipinski definition) is 5. The van der Waals surface area contributed by atoms with Crippen molar-refractivity contribution >= 4 is 11.7 Å². The zero-order chi connectivity index (χ0) is 18.8. The Bertz CT molecular complexity index is 748. The molecular formula is C19H23N3O4. The van der Waals surface area contributed by atoms with Crippen molar-refractivity contribution in [2.24, 2.45) is 10.9 Å². The van der Waals surface area contributed by atoms with Crippen molar-refractivity contribution in [2.45, 2.75) is 6.42 Å². The van der Waals surface area contributed by atoms with Gasteiger partial charge in [-0.3, -0.25) is 4.79 Å². The summed E-state index contributed by atoms with van der Waals surface area (Å²) in [6, 6.07) is 14.8. The van der Waals surface area contributed by atoms with Gasteiger partial charge in [-0.05, 0) is 24.1 Å². The number of amides is 1. The number of amidine groups is 1. The number of nitrogens with one attached hydrogen (secondary N) is 1. The van der Waals surface area contributed by atoms with Crippen molar-refractivity contribution in [1.82, 2.24) is 5.32 Å². The van der Waals surface area contributed by atoms with E-state index in [0.29, 0.717) is 24.5 Å². The molecule has 7 heteroatoms. The average molecular weight is 357 g/mol. The monoisotopic (exact) mass is 357 g/mol. The van der Waals surface area contributed by atoms with Crippen molar-refractivity contribution in [1.29, 1.82) is 0 Å². The number of carbonyl (C=O) groups excluding carboxylic acids is 1. The van der Waals surface area contributed by atoms with E-state index in [1.807, 2.05) is 48.5 Å². The van der Waals surface area contributed by atoms with Gasteiger partial charge in [0, 0.05) is 12.1 Å². The summed E-state index contributed by atoms with van der Waals surface area (Å²) < 4.78 is 10.5. The van der Waals surface area contributed by atoms with Gasteiger partial charge in [0.15, 0.2) is 23.9 Å². The lowest BCUT2D eigenvalue weighted by Crippen LogP contribution is -2.29. The van der Waals surface area contributed by atoms with Crippen LogP contribution in [-0.4, -0.2) is 39.1 Å². The first kappa shape index (κ1) is 19.1. The number of benzene rings is 2. The summed E-state index contributed by atoms with van der Waals surface area (Å²) in [5, 5.41) is 6.51. The second-order valence-corrected chi connectivity index (χ2v) is 5.41. The maximum absolute atomic E-state index is 11.8. The molecule has 26 heavy (non-hydrogen) atoms. The Morgan fingerprint density at radius 1 is 1.08 bits per heavy atom. The molecule has 0 unspecified atom stereocenters. The highest BCUT2D eigenvalue weighted by molar-refractivity contribution is 5.97. The molecular weight excluding hydrogens is 334 g/mol. The molecule has 138 valence electrons. The zero-order valence-electron chi connectivity index (χ0n) is 14.9. The minimum atomic E-state index is -0.268. The van der Waals surface area contributed by atoms with Crippen molar-refractivity contribution in [3.63, 3.8) is 0 Å². The highest BCUT2D eigenvalue weighted by Gasteiger charge is 2.06. The van der Waals surface area contributed by atoms with E-state index in [0.717, 1.165) is 11.1 Å². The number of carbonyl (C=O) groups is 1. The smallest absolute Gasteiger partial charge is 0.260 e. The molecule has 0 saturated carbocycles. The van der Waals surface area contributed by atoms with Gasteiger partial charge in [0.05, 0.1) is 14.2 Å². The molecule has 0 aliphatic rings. The standard InChI is InChI=1S/C19H23N3O4/c1-24-16-9-8-14(12-17(16)25-2)10-11-21-18(23)13-26-22-19(20)15-6-4-3-5-7-15/h3-9,12H,10-11,13H2,1-2H3,(H2,20,22)(H,21,23). The van der Waals surface area contributed by atoms with Gasteiger partial charge < -0.3 is 25.4 Å². The van der Waals surface area contributed by atoms with E-state index in [4.69, 9.17) is 20.0 Å². The first-order chi connectivity index (χ1) is 12.6. The van der Waals surface area contributed by atoms with Crippen LogP contribution in [0, 0.1) is 0 Å². The molecule has 0 aliphatic carbocycles. The van der Waals surface area contributed by atoms with Gasteiger partial charge in [-0.15, -0.1) is 0 Å². The van der Waals surface area contributed by atoms with E-state index in [-0.39, 0.29) is 18.3 Å². The van der Waals surface area contributed by atoms with E-state index >= 15 is 0 Å². The quantitative estimate of drug-likeness (QED) is 0.405. The lowest BCUT2D eigenvalue weighted by Gasteiger charge is -2.10. The summed E-state index contributed by atoms with van der Waals surface area (Å²) in [7, 11) is 3.17. The van der Waals surface area contributed by atoms with Crippen LogP contribution in [-0.2, 0) is 16.1 Å². The van der Waals surface area contributed by atoms with Crippen molar-refractivity contribution in [3.8, 4) is 11.5 Å². The zero-order valence-corrected chi connectivity index (χ0v) is 14.9. The maximum Gasteiger partial charge on any atom is 0.260 e. The molecule has 0 saturated heterocycles. The first-order valence-electron chi connectivity index (χ1n) is 8.12. The van der Waals surface area contributed by atoms with Gasteiger partial charge in [0.25, 0.3) is 5.91 Å². The fourth-order valence-electron chi connectivity index (χ4n) is 2.26. The van der Waals surface area contributed by atoms with Crippen LogP contribution in [0.2, 0.25) is 0 Å². The van der Waals surface area contributed by atoms with Gasteiger partial charge in [-0.25, -0.2) is 0 Å². The molecule has 0 aromatic heterocycles.